The Bertz CT molecular complexity index is 953. The Kier molecular flexibility index (Phi) is 6.03. The molecule has 0 radical (unpaired) electrons. The monoisotopic (exact) mass is 384 g/mol. The minimum atomic E-state index is -0.515. The maximum Gasteiger partial charge on any atom is 0.356 e. The third-order valence-corrected chi connectivity index (χ3v) is 4.87. The van der Waals surface area contributed by atoms with Gasteiger partial charge < -0.3 is 19.8 Å². The largest absolute Gasteiger partial charge is 0.497 e. The van der Waals surface area contributed by atoms with Crippen molar-refractivity contribution < 1.29 is 19.1 Å². The number of rotatable bonds is 7. The van der Waals surface area contributed by atoms with Crippen LogP contribution < -0.4 is 10.1 Å². The predicted octanol–water partition coefficient (Wildman–Crippen LogP) is 4.08. The van der Waals surface area contributed by atoms with Crippen molar-refractivity contribution in [1.29, 1.82) is 0 Å². The second kappa shape index (κ2) is 8.64. The molecule has 0 saturated heterocycles. The number of aromatic nitrogens is 1. The number of hydrogen-bond donors (Lipinski definition) is 2. The number of methoxy groups -OCH3 is 1. The fourth-order valence-electron chi connectivity index (χ4n) is 2.63. The molecule has 2 aromatic carbocycles. The van der Waals surface area contributed by atoms with Gasteiger partial charge in [-0.05, 0) is 37.3 Å². The van der Waals surface area contributed by atoms with E-state index >= 15 is 0 Å². The Balaban J connectivity index is 1.86. The van der Waals surface area contributed by atoms with E-state index in [1.54, 1.807) is 32.2 Å². The molecular formula is C20H20N2O4S. The smallest absolute Gasteiger partial charge is 0.356 e. The zero-order valence-corrected chi connectivity index (χ0v) is 15.9. The molecule has 140 valence electrons. The summed E-state index contributed by atoms with van der Waals surface area (Å²) in [5.74, 6) is 0.131. The van der Waals surface area contributed by atoms with Crippen LogP contribution in [0.25, 0.3) is 10.9 Å². The topological polar surface area (TPSA) is 80.4 Å². The van der Waals surface area contributed by atoms with Crippen LogP contribution in [-0.2, 0) is 9.53 Å². The van der Waals surface area contributed by atoms with Gasteiger partial charge in [0.15, 0.2) is 0 Å². The average molecular weight is 384 g/mol. The summed E-state index contributed by atoms with van der Waals surface area (Å²) in [7, 11) is 1.56. The summed E-state index contributed by atoms with van der Waals surface area (Å²) in [4.78, 5) is 28.8. The summed E-state index contributed by atoms with van der Waals surface area (Å²) in [5, 5.41) is 3.54. The summed E-state index contributed by atoms with van der Waals surface area (Å²) >= 11 is 1.42. The molecule has 0 atom stereocenters. The molecule has 0 aliphatic rings. The van der Waals surface area contributed by atoms with Gasteiger partial charge in [-0.15, -0.1) is 11.8 Å². The van der Waals surface area contributed by atoms with Crippen molar-refractivity contribution in [2.45, 2.75) is 11.8 Å². The molecule has 27 heavy (non-hydrogen) atoms. The molecule has 0 aliphatic heterocycles. The molecule has 6 nitrogen and oxygen atoms in total. The number of H-pyrrole nitrogens is 1. The van der Waals surface area contributed by atoms with Crippen molar-refractivity contribution in [3.8, 4) is 5.75 Å². The van der Waals surface area contributed by atoms with Gasteiger partial charge >= 0.3 is 5.97 Å². The van der Waals surface area contributed by atoms with Gasteiger partial charge in [-0.3, -0.25) is 4.79 Å². The molecule has 1 amide bonds. The summed E-state index contributed by atoms with van der Waals surface area (Å²) in [5.41, 5.74) is 1.34. The van der Waals surface area contributed by atoms with Crippen LogP contribution in [0.4, 0.5) is 5.69 Å². The van der Waals surface area contributed by atoms with Crippen molar-refractivity contribution in [2.24, 2.45) is 0 Å². The van der Waals surface area contributed by atoms with Gasteiger partial charge in [-0.25, -0.2) is 4.79 Å². The number of benzene rings is 2. The number of esters is 1. The molecule has 2 N–H and O–H groups in total. The first-order valence-electron chi connectivity index (χ1n) is 8.47. The molecule has 0 unspecified atom stereocenters. The number of thioether (sulfide) groups is 1. The Morgan fingerprint density at radius 2 is 1.93 bits per heavy atom. The third kappa shape index (κ3) is 4.43. The van der Waals surface area contributed by atoms with Gasteiger partial charge in [-0.1, -0.05) is 18.2 Å². The maximum atomic E-state index is 12.5. The molecular weight excluding hydrogens is 364 g/mol. The van der Waals surface area contributed by atoms with E-state index in [1.807, 2.05) is 30.3 Å². The summed E-state index contributed by atoms with van der Waals surface area (Å²) in [6, 6.07) is 15.0. The summed E-state index contributed by atoms with van der Waals surface area (Å²) in [6.45, 7) is 1.98. The Morgan fingerprint density at radius 3 is 2.63 bits per heavy atom. The van der Waals surface area contributed by atoms with Gasteiger partial charge in [0.05, 0.1) is 25.2 Å². The number of fused-ring (bicyclic) bond motifs is 1. The van der Waals surface area contributed by atoms with Crippen LogP contribution in [0.15, 0.2) is 53.4 Å². The van der Waals surface area contributed by atoms with Crippen molar-refractivity contribution in [3.63, 3.8) is 0 Å². The summed E-state index contributed by atoms with van der Waals surface area (Å²) in [6.07, 6.45) is 0. The van der Waals surface area contributed by atoms with Crippen LogP contribution in [0.3, 0.4) is 0 Å². The lowest BCUT2D eigenvalue weighted by molar-refractivity contribution is -0.113. The molecule has 3 aromatic rings. The molecule has 3 rings (SSSR count). The van der Waals surface area contributed by atoms with Gasteiger partial charge in [0.2, 0.25) is 5.91 Å². The minimum absolute atomic E-state index is 0.210. The third-order valence-electron chi connectivity index (χ3n) is 3.86. The normalized spacial score (nSPS) is 10.6. The zero-order valence-electron chi connectivity index (χ0n) is 15.1. The number of hydrogen-bond acceptors (Lipinski definition) is 5. The molecule has 0 fully saturated rings. The average Bonchev–Trinajstić information content (AvgIpc) is 3.05. The van der Waals surface area contributed by atoms with E-state index in [4.69, 9.17) is 9.47 Å². The Morgan fingerprint density at radius 1 is 1.15 bits per heavy atom. The molecule has 0 saturated carbocycles. The number of aromatic amines is 1. The van der Waals surface area contributed by atoms with Crippen LogP contribution >= 0.6 is 11.8 Å². The highest BCUT2D eigenvalue weighted by Gasteiger charge is 2.21. The molecule has 1 aromatic heterocycles. The van der Waals surface area contributed by atoms with Gasteiger partial charge in [0.25, 0.3) is 0 Å². The lowest BCUT2D eigenvalue weighted by Crippen LogP contribution is -2.17. The zero-order chi connectivity index (χ0) is 19.2. The lowest BCUT2D eigenvalue weighted by Gasteiger charge is -2.08. The number of nitrogens with one attached hydrogen (secondary N) is 2. The van der Waals surface area contributed by atoms with Gasteiger partial charge in [0, 0.05) is 15.8 Å². The van der Waals surface area contributed by atoms with E-state index in [9.17, 15) is 9.59 Å². The first kappa shape index (κ1) is 18.8. The quantitative estimate of drug-likeness (QED) is 0.474. The van der Waals surface area contributed by atoms with Gasteiger partial charge in [0.1, 0.15) is 11.4 Å². The molecule has 7 heteroatoms. The number of amides is 1. The second-order valence-corrected chi connectivity index (χ2v) is 6.71. The van der Waals surface area contributed by atoms with E-state index in [1.165, 1.54) is 11.8 Å². The van der Waals surface area contributed by atoms with E-state index in [0.717, 1.165) is 4.90 Å². The Hall–Kier alpha value is -2.93. The van der Waals surface area contributed by atoms with E-state index in [0.29, 0.717) is 22.3 Å². The van der Waals surface area contributed by atoms with Crippen LogP contribution in [0.2, 0.25) is 0 Å². The number of carbonyl (C=O) groups excluding carboxylic acids is 2. The molecule has 0 spiro atoms. The van der Waals surface area contributed by atoms with E-state index in [-0.39, 0.29) is 24.0 Å². The van der Waals surface area contributed by atoms with Crippen LogP contribution in [0, 0.1) is 0 Å². The summed E-state index contributed by atoms with van der Waals surface area (Å²) < 4.78 is 10.4. The van der Waals surface area contributed by atoms with Crippen molar-refractivity contribution in [1.82, 2.24) is 4.98 Å². The first-order chi connectivity index (χ1) is 13.1. The highest BCUT2D eigenvalue weighted by Crippen LogP contribution is 2.32. The maximum absolute atomic E-state index is 12.5. The Labute approximate surface area is 161 Å². The van der Waals surface area contributed by atoms with E-state index < -0.39 is 5.97 Å². The predicted molar refractivity (Wildman–Crippen MR) is 107 cm³/mol. The molecule has 0 aliphatic carbocycles. The van der Waals surface area contributed by atoms with Crippen LogP contribution in [0.5, 0.6) is 5.75 Å². The first-order valence-corrected chi connectivity index (χ1v) is 9.45. The van der Waals surface area contributed by atoms with Crippen molar-refractivity contribution in [3.05, 3.63) is 54.2 Å². The molecule has 1 heterocycles. The fraction of sp³-hybridized carbons (Fsp3) is 0.200. The number of carbonyl (C=O) groups is 2. The highest BCUT2D eigenvalue weighted by molar-refractivity contribution is 8.00. The minimum Gasteiger partial charge on any atom is -0.497 e. The van der Waals surface area contributed by atoms with Crippen LogP contribution in [0.1, 0.15) is 17.4 Å². The number of anilines is 1. The second-order valence-electron chi connectivity index (χ2n) is 5.66. The van der Waals surface area contributed by atoms with Crippen molar-refractivity contribution >= 4 is 40.2 Å². The van der Waals surface area contributed by atoms with Gasteiger partial charge in [-0.2, -0.15) is 0 Å². The molecule has 0 bridgehead atoms. The highest BCUT2D eigenvalue weighted by atomic mass is 32.2. The van der Waals surface area contributed by atoms with Crippen molar-refractivity contribution in [2.75, 3.05) is 24.8 Å². The van der Waals surface area contributed by atoms with Crippen LogP contribution in [-0.4, -0.2) is 36.3 Å². The number of ether oxygens (including phenoxy) is 2. The van der Waals surface area contributed by atoms with E-state index in [2.05, 4.69) is 10.3 Å². The lowest BCUT2D eigenvalue weighted by atomic mass is 10.2. The standard InChI is InChI=1S/C20H20N2O4S/c1-3-26-20(24)19-18(15-11-13(25-2)9-10-16(15)21-19)22-17(23)12-27-14-7-5-4-6-8-14/h4-11,21H,3,12H2,1-2H3,(H,22,23). The fourth-order valence-corrected chi connectivity index (χ4v) is 3.34. The SMILES string of the molecule is CCOC(=O)c1[nH]c2ccc(OC)cc2c1NC(=O)CSc1ccccc1.